The van der Waals surface area contributed by atoms with Gasteiger partial charge in [-0.05, 0) is 62.4 Å². The predicted molar refractivity (Wildman–Crippen MR) is 128 cm³/mol. The number of hydrogen-bond acceptors (Lipinski definition) is 5. The van der Waals surface area contributed by atoms with E-state index in [1.807, 2.05) is 31.2 Å². The standard InChI is InChI=1S/C23H29N5OS2/c1-16-5-7-18(8-6-16)22-25-26-23(30)28(22)15-21(29)24-14-19(20-4-3-13-31-20)27-11-9-17(2)10-12-27/h3-8,13,17,19H,9-12,14-15H2,1-2H3,(H,24,29)(H,26,30). The van der Waals surface area contributed by atoms with E-state index in [9.17, 15) is 4.79 Å². The van der Waals surface area contributed by atoms with Crippen LogP contribution in [0.1, 0.15) is 36.2 Å². The number of nitrogens with zero attached hydrogens (tertiary/aromatic N) is 3. The second kappa shape index (κ2) is 9.89. The third-order valence-electron chi connectivity index (χ3n) is 5.99. The molecule has 1 saturated heterocycles. The van der Waals surface area contributed by atoms with Gasteiger partial charge in [0.15, 0.2) is 10.6 Å². The molecule has 1 atom stereocenters. The number of H-pyrrole nitrogens is 1. The van der Waals surface area contributed by atoms with Gasteiger partial charge in [0.2, 0.25) is 5.91 Å². The van der Waals surface area contributed by atoms with Crippen LogP contribution in [0.15, 0.2) is 41.8 Å². The van der Waals surface area contributed by atoms with Gasteiger partial charge in [-0.15, -0.1) is 11.3 Å². The van der Waals surface area contributed by atoms with E-state index in [0.29, 0.717) is 17.1 Å². The van der Waals surface area contributed by atoms with E-state index in [2.05, 4.69) is 44.9 Å². The summed E-state index contributed by atoms with van der Waals surface area (Å²) in [5.74, 6) is 1.40. The number of aromatic amines is 1. The van der Waals surface area contributed by atoms with E-state index in [0.717, 1.165) is 24.6 Å². The Morgan fingerprint density at radius 2 is 2.03 bits per heavy atom. The van der Waals surface area contributed by atoms with Gasteiger partial charge in [0.05, 0.1) is 6.04 Å². The van der Waals surface area contributed by atoms with Gasteiger partial charge >= 0.3 is 0 Å². The van der Waals surface area contributed by atoms with Gasteiger partial charge in [-0.1, -0.05) is 42.8 Å². The molecule has 4 rings (SSSR count). The number of amides is 1. The highest BCUT2D eigenvalue weighted by atomic mass is 32.1. The predicted octanol–water partition coefficient (Wildman–Crippen LogP) is 4.57. The van der Waals surface area contributed by atoms with Crippen LogP contribution in [0.4, 0.5) is 0 Å². The Kier molecular flexibility index (Phi) is 6.99. The highest BCUT2D eigenvalue weighted by Gasteiger charge is 2.26. The normalized spacial score (nSPS) is 16.3. The van der Waals surface area contributed by atoms with Gasteiger partial charge in [0.1, 0.15) is 6.54 Å². The van der Waals surface area contributed by atoms with E-state index >= 15 is 0 Å². The van der Waals surface area contributed by atoms with Crippen molar-refractivity contribution >= 4 is 29.5 Å². The molecule has 0 bridgehead atoms. The van der Waals surface area contributed by atoms with Crippen molar-refractivity contribution in [2.24, 2.45) is 5.92 Å². The average molecular weight is 456 g/mol. The molecule has 0 saturated carbocycles. The monoisotopic (exact) mass is 455 g/mol. The van der Waals surface area contributed by atoms with Crippen LogP contribution in [0.25, 0.3) is 11.4 Å². The number of aryl methyl sites for hydroxylation is 1. The second-order valence-corrected chi connectivity index (χ2v) is 9.72. The van der Waals surface area contributed by atoms with Gasteiger partial charge in [-0.2, -0.15) is 5.10 Å². The third-order valence-corrected chi connectivity index (χ3v) is 7.28. The highest BCUT2D eigenvalue weighted by molar-refractivity contribution is 7.71. The number of thiophene rings is 1. The minimum Gasteiger partial charge on any atom is -0.353 e. The maximum atomic E-state index is 12.9. The van der Waals surface area contributed by atoms with Crippen LogP contribution in [0.5, 0.6) is 0 Å². The number of aromatic nitrogens is 3. The molecule has 0 aliphatic carbocycles. The minimum absolute atomic E-state index is 0.0576. The number of hydrogen-bond donors (Lipinski definition) is 2. The van der Waals surface area contributed by atoms with Crippen molar-refractivity contribution in [1.29, 1.82) is 0 Å². The van der Waals surface area contributed by atoms with Crippen LogP contribution in [0, 0.1) is 17.6 Å². The van der Waals surface area contributed by atoms with Gasteiger partial charge in [-0.25, -0.2) is 0 Å². The molecule has 0 radical (unpaired) electrons. The molecule has 6 nitrogen and oxygen atoms in total. The Labute approximate surface area is 192 Å². The fourth-order valence-corrected chi connectivity index (χ4v) is 5.09. The van der Waals surface area contributed by atoms with Crippen molar-refractivity contribution in [3.8, 4) is 11.4 Å². The number of piperidine rings is 1. The zero-order valence-corrected chi connectivity index (χ0v) is 19.6. The van der Waals surface area contributed by atoms with Crippen molar-refractivity contribution in [3.63, 3.8) is 0 Å². The first-order chi connectivity index (χ1) is 15.0. The van der Waals surface area contributed by atoms with Crippen molar-refractivity contribution in [2.45, 2.75) is 39.3 Å². The van der Waals surface area contributed by atoms with Crippen LogP contribution < -0.4 is 5.32 Å². The molecule has 31 heavy (non-hydrogen) atoms. The first-order valence-electron chi connectivity index (χ1n) is 10.8. The zero-order valence-electron chi connectivity index (χ0n) is 18.0. The molecule has 1 unspecified atom stereocenters. The first-order valence-corrected chi connectivity index (χ1v) is 12.1. The van der Waals surface area contributed by atoms with Gasteiger partial charge in [0, 0.05) is 17.0 Å². The van der Waals surface area contributed by atoms with Crippen LogP contribution in [-0.4, -0.2) is 45.2 Å². The zero-order chi connectivity index (χ0) is 21.8. The summed E-state index contributed by atoms with van der Waals surface area (Å²) in [6, 6.07) is 12.5. The summed E-state index contributed by atoms with van der Waals surface area (Å²) in [4.78, 5) is 16.7. The maximum absolute atomic E-state index is 12.9. The van der Waals surface area contributed by atoms with Crippen molar-refractivity contribution in [2.75, 3.05) is 19.6 Å². The van der Waals surface area contributed by atoms with E-state index in [4.69, 9.17) is 12.2 Å². The van der Waals surface area contributed by atoms with Crippen molar-refractivity contribution in [3.05, 3.63) is 57.0 Å². The van der Waals surface area contributed by atoms with Crippen LogP contribution in [0.2, 0.25) is 0 Å². The second-order valence-electron chi connectivity index (χ2n) is 8.36. The summed E-state index contributed by atoms with van der Waals surface area (Å²) in [6.45, 7) is 7.25. The highest BCUT2D eigenvalue weighted by Crippen LogP contribution is 2.29. The number of carbonyl (C=O) groups is 1. The SMILES string of the molecule is Cc1ccc(-c2n[nH]c(=S)n2CC(=O)NCC(c2cccs2)N2CCC(C)CC2)cc1. The van der Waals surface area contributed by atoms with Gasteiger partial charge in [0.25, 0.3) is 0 Å². The molecule has 1 aliphatic rings. The molecule has 0 spiro atoms. The summed E-state index contributed by atoms with van der Waals surface area (Å²) >= 11 is 7.15. The van der Waals surface area contributed by atoms with Crippen LogP contribution in [0.3, 0.4) is 0 Å². The molecule has 1 fully saturated rings. The summed E-state index contributed by atoms with van der Waals surface area (Å²) in [6.07, 6.45) is 2.42. The summed E-state index contributed by atoms with van der Waals surface area (Å²) in [5.41, 5.74) is 2.11. The number of benzene rings is 1. The van der Waals surface area contributed by atoms with Gasteiger partial charge in [-0.3, -0.25) is 19.4 Å². The largest absolute Gasteiger partial charge is 0.353 e. The van der Waals surface area contributed by atoms with Gasteiger partial charge < -0.3 is 5.32 Å². The molecule has 3 heterocycles. The Morgan fingerprint density at radius 3 is 2.71 bits per heavy atom. The van der Waals surface area contributed by atoms with E-state index < -0.39 is 0 Å². The Bertz CT molecular complexity index is 1050. The molecule has 1 aliphatic heterocycles. The maximum Gasteiger partial charge on any atom is 0.240 e. The molecular weight excluding hydrogens is 426 g/mol. The number of carbonyl (C=O) groups excluding carboxylic acids is 1. The fourth-order valence-electron chi connectivity index (χ4n) is 4.03. The van der Waals surface area contributed by atoms with E-state index in [1.54, 1.807) is 15.9 Å². The summed E-state index contributed by atoms with van der Waals surface area (Å²) < 4.78 is 2.21. The lowest BCUT2D eigenvalue weighted by atomic mass is 9.97. The number of rotatable bonds is 7. The topological polar surface area (TPSA) is 66.0 Å². The molecule has 164 valence electrons. The third kappa shape index (κ3) is 5.31. The number of nitrogens with one attached hydrogen (secondary N) is 2. The lowest BCUT2D eigenvalue weighted by Crippen LogP contribution is -2.42. The van der Waals surface area contributed by atoms with Crippen LogP contribution >= 0.6 is 23.6 Å². The van der Waals surface area contributed by atoms with E-state index in [-0.39, 0.29) is 18.5 Å². The molecular formula is C23H29N5OS2. The van der Waals surface area contributed by atoms with Crippen LogP contribution in [-0.2, 0) is 11.3 Å². The summed E-state index contributed by atoms with van der Waals surface area (Å²) in [5, 5.41) is 12.4. The Morgan fingerprint density at radius 1 is 1.29 bits per heavy atom. The lowest BCUT2D eigenvalue weighted by molar-refractivity contribution is -0.122. The Balaban J connectivity index is 1.44. The van der Waals surface area contributed by atoms with E-state index in [1.165, 1.54) is 23.3 Å². The molecule has 2 aromatic heterocycles. The smallest absolute Gasteiger partial charge is 0.240 e. The molecule has 3 aromatic rings. The van der Waals surface area contributed by atoms with Crippen molar-refractivity contribution in [1.82, 2.24) is 25.0 Å². The molecule has 8 heteroatoms. The quantitative estimate of drug-likeness (QED) is 0.512. The van der Waals surface area contributed by atoms with Crippen molar-refractivity contribution < 1.29 is 4.79 Å². The molecule has 1 amide bonds. The lowest BCUT2D eigenvalue weighted by Gasteiger charge is -2.36. The Hall–Kier alpha value is -2.29. The molecule has 1 aromatic carbocycles. The molecule has 2 N–H and O–H groups in total. The first kappa shape index (κ1) is 21.9. The summed E-state index contributed by atoms with van der Waals surface area (Å²) in [7, 11) is 0. The number of likely N-dealkylation sites (tertiary alicyclic amines) is 1. The average Bonchev–Trinajstić information content (AvgIpc) is 3.41. The minimum atomic E-state index is -0.0576. The fraction of sp³-hybridized carbons (Fsp3) is 0.435.